The largest absolute Gasteiger partial charge is 0.323 e. The number of aromatic nitrogens is 1. The second-order valence-corrected chi connectivity index (χ2v) is 8.93. The quantitative estimate of drug-likeness (QED) is 0.477. The van der Waals surface area contributed by atoms with Crippen LogP contribution in [0.25, 0.3) is 10.2 Å². The summed E-state index contributed by atoms with van der Waals surface area (Å²) in [4.78, 5) is 29.3. The zero-order valence-corrected chi connectivity index (χ0v) is 18.1. The van der Waals surface area contributed by atoms with E-state index in [1.165, 1.54) is 23.3 Å². The Morgan fingerprint density at radius 1 is 0.900 bits per heavy atom. The molecule has 1 heterocycles. The Hall–Kier alpha value is -2.93. The standard InChI is InChI=1S/C23H26N4O2S/c1-14-8-9-17(12-15(14)2)24-22(29)25-18-10-11-20-19(13-18)26-23(30-20)27-21(28)16-6-4-3-5-7-16/h8-13,16H,3-7H2,1-2H3,(H2,24,25,29)(H,26,27,28). The van der Waals surface area contributed by atoms with E-state index in [2.05, 4.69) is 20.9 Å². The van der Waals surface area contributed by atoms with E-state index >= 15 is 0 Å². The lowest BCUT2D eigenvalue weighted by molar-refractivity contribution is -0.120. The molecule has 0 radical (unpaired) electrons. The van der Waals surface area contributed by atoms with E-state index in [-0.39, 0.29) is 17.9 Å². The number of amides is 3. The van der Waals surface area contributed by atoms with Gasteiger partial charge in [-0.25, -0.2) is 9.78 Å². The fourth-order valence-electron chi connectivity index (χ4n) is 3.74. The molecule has 0 spiro atoms. The van der Waals surface area contributed by atoms with Crippen LogP contribution < -0.4 is 16.0 Å². The molecule has 1 saturated carbocycles. The van der Waals surface area contributed by atoms with Gasteiger partial charge in [-0.05, 0) is 68.1 Å². The number of aryl methyl sites for hydroxylation is 2. The minimum Gasteiger partial charge on any atom is -0.308 e. The van der Waals surface area contributed by atoms with Crippen molar-refractivity contribution in [3.63, 3.8) is 0 Å². The van der Waals surface area contributed by atoms with Crippen molar-refractivity contribution in [1.29, 1.82) is 0 Å². The molecule has 156 valence electrons. The van der Waals surface area contributed by atoms with Crippen LogP contribution in [0.2, 0.25) is 0 Å². The van der Waals surface area contributed by atoms with Gasteiger partial charge in [0.25, 0.3) is 0 Å². The first-order chi connectivity index (χ1) is 14.5. The van der Waals surface area contributed by atoms with E-state index in [1.54, 1.807) is 0 Å². The van der Waals surface area contributed by atoms with Crippen LogP contribution >= 0.6 is 11.3 Å². The second kappa shape index (κ2) is 8.83. The van der Waals surface area contributed by atoms with Crippen molar-refractivity contribution in [3.05, 3.63) is 47.5 Å². The Kier molecular flexibility index (Phi) is 5.99. The van der Waals surface area contributed by atoms with Crippen LogP contribution in [0, 0.1) is 19.8 Å². The molecule has 3 N–H and O–H groups in total. The molecule has 0 atom stereocenters. The number of hydrogen-bond acceptors (Lipinski definition) is 4. The Labute approximate surface area is 180 Å². The van der Waals surface area contributed by atoms with E-state index in [0.717, 1.165) is 47.2 Å². The van der Waals surface area contributed by atoms with Crippen LogP contribution in [-0.4, -0.2) is 16.9 Å². The molecule has 2 aromatic carbocycles. The van der Waals surface area contributed by atoms with Gasteiger partial charge in [0.1, 0.15) is 0 Å². The van der Waals surface area contributed by atoms with Gasteiger partial charge >= 0.3 is 6.03 Å². The van der Waals surface area contributed by atoms with Crippen LogP contribution in [0.1, 0.15) is 43.2 Å². The van der Waals surface area contributed by atoms with Gasteiger partial charge in [0.05, 0.1) is 10.2 Å². The van der Waals surface area contributed by atoms with Crippen molar-refractivity contribution < 1.29 is 9.59 Å². The maximum atomic E-state index is 12.5. The van der Waals surface area contributed by atoms with Crippen LogP contribution in [0.3, 0.4) is 0 Å². The topological polar surface area (TPSA) is 83.1 Å². The van der Waals surface area contributed by atoms with Crippen LogP contribution in [0.4, 0.5) is 21.3 Å². The fourth-order valence-corrected chi connectivity index (χ4v) is 4.59. The minimum absolute atomic E-state index is 0.0693. The summed E-state index contributed by atoms with van der Waals surface area (Å²) in [5.41, 5.74) is 4.46. The normalized spacial score (nSPS) is 14.5. The summed E-state index contributed by atoms with van der Waals surface area (Å²) < 4.78 is 0.967. The molecule has 3 amide bonds. The first-order valence-corrected chi connectivity index (χ1v) is 11.2. The van der Waals surface area contributed by atoms with E-state index in [4.69, 9.17) is 0 Å². The Morgan fingerprint density at radius 2 is 1.60 bits per heavy atom. The van der Waals surface area contributed by atoms with Gasteiger partial charge in [-0.3, -0.25) is 4.79 Å². The van der Waals surface area contributed by atoms with Gasteiger partial charge in [0, 0.05) is 17.3 Å². The van der Waals surface area contributed by atoms with Gasteiger partial charge in [0.15, 0.2) is 5.13 Å². The number of anilines is 3. The van der Waals surface area contributed by atoms with Crippen molar-refractivity contribution in [2.45, 2.75) is 46.0 Å². The Bertz CT molecular complexity index is 1090. The zero-order chi connectivity index (χ0) is 21.1. The number of benzene rings is 2. The third-order valence-corrected chi connectivity index (χ3v) is 6.57. The van der Waals surface area contributed by atoms with Gasteiger partial charge in [0.2, 0.25) is 5.91 Å². The van der Waals surface area contributed by atoms with Crippen LogP contribution in [0.15, 0.2) is 36.4 Å². The SMILES string of the molecule is Cc1ccc(NC(=O)Nc2ccc3sc(NC(=O)C4CCCCC4)nc3c2)cc1C. The molecule has 30 heavy (non-hydrogen) atoms. The highest BCUT2D eigenvalue weighted by molar-refractivity contribution is 7.22. The molecule has 0 bridgehead atoms. The number of rotatable bonds is 4. The smallest absolute Gasteiger partial charge is 0.308 e. The molecule has 3 aromatic rings. The molecule has 6 nitrogen and oxygen atoms in total. The number of fused-ring (bicyclic) bond motifs is 1. The number of urea groups is 1. The predicted octanol–water partition coefficient (Wildman–Crippen LogP) is 6.08. The summed E-state index contributed by atoms with van der Waals surface area (Å²) in [6.07, 6.45) is 5.38. The van der Waals surface area contributed by atoms with E-state index in [0.29, 0.717) is 10.8 Å². The lowest BCUT2D eigenvalue weighted by Gasteiger charge is -2.19. The number of hydrogen-bond donors (Lipinski definition) is 3. The van der Waals surface area contributed by atoms with Gasteiger partial charge in [-0.2, -0.15) is 0 Å². The first kappa shape index (κ1) is 20.3. The summed E-state index contributed by atoms with van der Waals surface area (Å²) in [6, 6.07) is 11.1. The summed E-state index contributed by atoms with van der Waals surface area (Å²) >= 11 is 1.45. The molecule has 0 saturated heterocycles. The molecule has 1 aliphatic carbocycles. The average molecular weight is 423 g/mol. The monoisotopic (exact) mass is 422 g/mol. The highest BCUT2D eigenvalue weighted by Gasteiger charge is 2.22. The summed E-state index contributed by atoms with van der Waals surface area (Å²) in [5, 5.41) is 9.28. The van der Waals surface area contributed by atoms with Crippen LogP contribution in [0.5, 0.6) is 0 Å². The minimum atomic E-state index is -0.307. The van der Waals surface area contributed by atoms with Crippen molar-refractivity contribution in [2.24, 2.45) is 5.92 Å². The fraction of sp³-hybridized carbons (Fsp3) is 0.348. The Morgan fingerprint density at radius 3 is 2.33 bits per heavy atom. The first-order valence-electron chi connectivity index (χ1n) is 10.3. The van der Waals surface area contributed by atoms with E-state index in [1.807, 2.05) is 50.2 Å². The Balaban J connectivity index is 1.41. The van der Waals surface area contributed by atoms with Crippen molar-refractivity contribution >= 4 is 50.0 Å². The third kappa shape index (κ3) is 4.79. The lowest BCUT2D eigenvalue weighted by Crippen LogP contribution is -2.24. The van der Waals surface area contributed by atoms with Crippen molar-refractivity contribution in [1.82, 2.24) is 4.98 Å². The van der Waals surface area contributed by atoms with Crippen molar-refractivity contribution in [3.8, 4) is 0 Å². The summed E-state index contributed by atoms with van der Waals surface area (Å²) in [5.74, 6) is 0.164. The molecule has 0 unspecified atom stereocenters. The molecule has 1 fully saturated rings. The lowest BCUT2D eigenvalue weighted by atomic mass is 9.89. The van der Waals surface area contributed by atoms with Crippen molar-refractivity contribution in [2.75, 3.05) is 16.0 Å². The highest BCUT2D eigenvalue weighted by atomic mass is 32.1. The molecule has 0 aliphatic heterocycles. The second-order valence-electron chi connectivity index (χ2n) is 7.90. The maximum absolute atomic E-state index is 12.5. The predicted molar refractivity (Wildman–Crippen MR) is 123 cm³/mol. The van der Waals surface area contributed by atoms with Gasteiger partial charge in [-0.15, -0.1) is 0 Å². The molecule has 1 aromatic heterocycles. The third-order valence-electron chi connectivity index (χ3n) is 5.62. The van der Waals surface area contributed by atoms with E-state index < -0.39 is 0 Å². The molecule has 1 aliphatic rings. The number of nitrogens with one attached hydrogen (secondary N) is 3. The van der Waals surface area contributed by atoms with E-state index in [9.17, 15) is 9.59 Å². The number of nitrogens with zero attached hydrogens (tertiary/aromatic N) is 1. The molecule has 7 heteroatoms. The average Bonchev–Trinajstić information content (AvgIpc) is 3.13. The zero-order valence-electron chi connectivity index (χ0n) is 17.2. The number of thiazole rings is 1. The summed E-state index contributed by atoms with van der Waals surface area (Å²) in [6.45, 7) is 4.05. The summed E-state index contributed by atoms with van der Waals surface area (Å²) in [7, 11) is 0. The highest BCUT2D eigenvalue weighted by Crippen LogP contribution is 2.30. The maximum Gasteiger partial charge on any atom is 0.323 e. The number of carbonyl (C=O) groups excluding carboxylic acids is 2. The molecular formula is C23H26N4O2S. The van der Waals surface area contributed by atoms with Gasteiger partial charge < -0.3 is 16.0 Å². The van der Waals surface area contributed by atoms with Gasteiger partial charge in [-0.1, -0.05) is 36.7 Å². The number of carbonyl (C=O) groups is 2. The van der Waals surface area contributed by atoms with Crippen LogP contribution in [-0.2, 0) is 4.79 Å². The molecular weight excluding hydrogens is 396 g/mol. The molecule has 4 rings (SSSR count).